The number of fused-ring (bicyclic) bond motifs is 1. The maximum atomic E-state index is 12.9. The molecular formula is C19H23N5O3. The van der Waals surface area contributed by atoms with Gasteiger partial charge in [-0.25, -0.2) is 0 Å². The second-order valence-electron chi connectivity index (χ2n) is 7.63. The molecule has 8 heteroatoms. The van der Waals surface area contributed by atoms with E-state index in [-0.39, 0.29) is 17.4 Å². The largest absolute Gasteiger partial charge is 0.381 e. The van der Waals surface area contributed by atoms with Gasteiger partial charge in [0.1, 0.15) is 12.2 Å². The maximum Gasteiger partial charge on any atom is 0.225 e. The smallest absolute Gasteiger partial charge is 0.225 e. The van der Waals surface area contributed by atoms with Crippen LogP contribution in [0.3, 0.4) is 0 Å². The normalized spacial score (nSPS) is 25.7. The van der Waals surface area contributed by atoms with Crippen LogP contribution in [0.4, 0.5) is 0 Å². The average Bonchev–Trinajstić information content (AvgIpc) is 3.33. The number of rotatable bonds is 2. The van der Waals surface area contributed by atoms with Crippen molar-refractivity contribution in [2.24, 2.45) is 5.92 Å². The first-order valence-corrected chi connectivity index (χ1v) is 9.57. The summed E-state index contributed by atoms with van der Waals surface area (Å²) < 4.78 is 13.7. The summed E-state index contributed by atoms with van der Waals surface area (Å²) in [4.78, 5) is 18.9. The fourth-order valence-corrected chi connectivity index (χ4v) is 4.36. The zero-order chi connectivity index (χ0) is 18.3. The summed E-state index contributed by atoms with van der Waals surface area (Å²) in [6.45, 7) is 3.85. The lowest BCUT2D eigenvalue weighted by atomic mass is 9.98. The van der Waals surface area contributed by atoms with Crippen LogP contribution in [-0.4, -0.2) is 62.5 Å². The standard InChI is InChI=1S/C19H23N5O3/c25-18(15-3-9-26-10-4-15)23-8-5-19(12-23)13-24-16(11-27-19)21-22-17(24)14-1-6-20-7-2-14/h1-2,6-7,15H,3-5,8-13H2. The van der Waals surface area contributed by atoms with E-state index in [2.05, 4.69) is 19.7 Å². The summed E-state index contributed by atoms with van der Waals surface area (Å²) in [5.74, 6) is 2.02. The molecule has 142 valence electrons. The first-order valence-electron chi connectivity index (χ1n) is 9.57. The Hall–Kier alpha value is -2.32. The van der Waals surface area contributed by atoms with Gasteiger partial charge in [-0.15, -0.1) is 10.2 Å². The molecule has 0 saturated carbocycles. The van der Waals surface area contributed by atoms with Crippen LogP contribution < -0.4 is 0 Å². The van der Waals surface area contributed by atoms with E-state index < -0.39 is 0 Å². The van der Waals surface area contributed by atoms with E-state index in [1.165, 1.54) is 0 Å². The molecule has 8 nitrogen and oxygen atoms in total. The lowest BCUT2D eigenvalue weighted by Crippen LogP contribution is -2.46. The molecule has 27 heavy (non-hydrogen) atoms. The van der Waals surface area contributed by atoms with Crippen molar-refractivity contribution < 1.29 is 14.3 Å². The Bertz CT molecular complexity index is 833. The first kappa shape index (κ1) is 16.8. The maximum absolute atomic E-state index is 12.9. The molecule has 5 rings (SSSR count). The van der Waals surface area contributed by atoms with Gasteiger partial charge in [0.25, 0.3) is 0 Å². The monoisotopic (exact) mass is 369 g/mol. The highest BCUT2D eigenvalue weighted by Gasteiger charge is 2.45. The fraction of sp³-hybridized carbons (Fsp3) is 0.579. The zero-order valence-corrected chi connectivity index (χ0v) is 15.2. The highest BCUT2D eigenvalue weighted by molar-refractivity contribution is 5.79. The molecule has 3 aliphatic heterocycles. The molecule has 5 heterocycles. The van der Waals surface area contributed by atoms with Crippen LogP contribution in [0, 0.1) is 5.92 Å². The number of ether oxygens (including phenoxy) is 2. The molecule has 0 aliphatic carbocycles. The molecule has 2 fully saturated rings. The second-order valence-corrected chi connectivity index (χ2v) is 7.63. The Morgan fingerprint density at radius 1 is 1.15 bits per heavy atom. The van der Waals surface area contributed by atoms with Gasteiger partial charge >= 0.3 is 0 Å². The number of hydrogen-bond acceptors (Lipinski definition) is 6. The predicted octanol–water partition coefficient (Wildman–Crippen LogP) is 1.27. The van der Waals surface area contributed by atoms with Crippen LogP contribution in [0.15, 0.2) is 24.5 Å². The van der Waals surface area contributed by atoms with Crippen molar-refractivity contribution in [2.75, 3.05) is 26.3 Å². The highest BCUT2D eigenvalue weighted by atomic mass is 16.5. The summed E-state index contributed by atoms with van der Waals surface area (Å²) in [5.41, 5.74) is 0.645. The van der Waals surface area contributed by atoms with E-state index in [4.69, 9.17) is 9.47 Å². The van der Waals surface area contributed by atoms with Crippen molar-refractivity contribution in [3.63, 3.8) is 0 Å². The highest BCUT2D eigenvalue weighted by Crippen LogP contribution is 2.35. The molecule has 2 aromatic heterocycles. The number of carbonyl (C=O) groups excluding carboxylic acids is 1. The van der Waals surface area contributed by atoms with Gasteiger partial charge < -0.3 is 18.9 Å². The molecule has 1 atom stereocenters. The quantitative estimate of drug-likeness (QED) is 0.793. The third-order valence-corrected chi connectivity index (χ3v) is 5.92. The molecule has 1 spiro atoms. The van der Waals surface area contributed by atoms with Gasteiger partial charge in [-0.05, 0) is 31.4 Å². The fourth-order valence-electron chi connectivity index (χ4n) is 4.36. The number of nitrogens with zero attached hydrogens (tertiary/aromatic N) is 5. The van der Waals surface area contributed by atoms with Crippen LogP contribution in [0.2, 0.25) is 0 Å². The molecule has 3 aliphatic rings. The molecule has 0 N–H and O–H groups in total. The number of amides is 1. The van der Waals surface area contributed by atoms with Gasteiger partial charge in [0.2, 0.25) is 5.91 Å². The summed E-state index contributed by atoms with van der Waals surface area (Å²) in [6, 6.07) is 3.88. The molecule has 0 radical (unpaired) electrons. The summed E-state index contributed by atoms with van der Waals surface area (Å²) >= 11 is 0. The summed E-state index contributed by atoms with van der Waals surface area (Å²) in [7, 11) is 0. The molecular weight excluding hydrogens is 346 g/mol. The minimum Gasteiger partial charge on any atom is -0.381 e. The number of pyridine rings is 1. The molecule has 0 bridgehead atoms. The lowest BCUT2D eigenvalue weighted by molar-refractivity contribution is -0.140. The Kier molecular flexibility index (Phi) is 4.17. The predicted molar refractivity (Wildman–Crippen MR) is 95.5 cm³/mol. The van der Waals surface area contributed by atoms with Gasteiger partial charge in [-0.3, -0.25) is 9.78 Å². The van der Waals surface area contributed by atoms with E-state index in [9.17, 15) is 4.79 Å². The van der Waals surface area contributed by atoms with Gasteiger partial charge in [-0.1, -0.05) is 0 Å². The topological polar surface area (TPSA) is 82.4 Å². The van der Waals surface area contributed by atoms with Crippen LogP contribution in [0.1, 0.15) is 25.1 Å². The Morgan fingerprint density at radius 3 is 2.78 bits per heavy atom. The van der Waals surface area contributed by atoms with Gasteiger partial charge in [0, 0.05) is 43.6 Å². The lowest BCUT2D eigenvalue weighted by Gasteiger charge is -2.35. The van der Waals surface area contributed by atoms with Crippen LogP contribution in [-0.2, 0) is 27.4 Å². The first-order chi connectivity index (χ1) is 13.2. The summed E-state index contributed by atoms with van der Waals surface area (Å²) in [5, 5.41) is 8.65. The Labute approximate surface area is 157 Å². The van der Waals surface area contributed by atoms with E-state index in [1.54, 1.807) is 12.4 Å². The van der Waals surface area contributed by atoms with E-state index in [1.807, 2.05) is 17.0 Å². The number of hydrogen-bond donors (Lipinski definition) is 0. The molecule has 0 aromatic carbocycles. The van der Waals surface area contributed by atoms with Crippen molar-refractivity contribution in [1.82, 2.24) is 24.6 Å². The van der Waals surface area contributed by atoms with Crippen molar-refractivity contribution in [2.45, 2.75) is 38.0 Å². The number of aromatic nitrogens is 4. The SMILES string of the molecule is O=C(C1CCOCC1)N1CCC2(C1)Cn1c(nnc1-c1ccncc1)CO2. The van der Waals surface area contributed by atoms with Crippen LogP contribution >= 0.6 is 0 Å². The van der Waals surface area contributed by atoms with Crippen molar-refractivity contribution in [3.8, 4) is 11.4 Å². The third kappa shape index (κ3) is 3.02. The van der Waals surface area contributed by atoms with Gasteiger partial charge in [0.15, 0.2) is 11.6 Å². The summed E-state index contributed by atoms with van der Waals surface area (Å²) in [6.07, 6.45) is 6.01. The average molecular weight is 369 g/mol. The minimum absolute atomic E-state index is 0.0929. The molecule has 2 saturated heterocycles. The van der Waals surface area contributed by atoms with Crippen LogP contribution in [0.25, 0.3) is 11.4 Å². The Balaban J connectivity index is 1.35. The number of likely N-dealkylation sites (tertiary alicyclic amines) is 1. The second kappa shape index (κ2) is 6.69. The molecule has 1 unspecified atom stereocenters. The zero-order valence-electron chi connectivity index (χ0n) is 15.2. The van der Waals surface area contributed by atoms with E-state index >= 15 is 0 Å². The van der Waals surface area contributed by atoms with Gasteiger partial charge in [0.05, 0.1) is 13.1 Å². The molecule has 1 amide bonds. The van der Waals surface area contributed by atoms with Crippen molar-refractivity contribution in [1.29, 1.82) is 0 Å². The van der Waals surface area contributed by atoms with Crippen molar-refractivity contribution >= 4 is 5.91 Å². The number of carbonyl (C=O) groups is 1. The van der Waals surface area contributed by atoms with E-state index in [0.29, 0.717) is 32.9 Å². The van der Waals surface area contributed by atoms with Gasteiger partial charge in [-0.2, -0.15) is 0 Å². The third-order valence-electron chi connectivity index (χ3n) is 5.92. The van der Waals surface area contributed by atoms with E-state index in [0.717, 1.165) is 43.0 Å². The Morgan fingerprint density at radius 2 is 1.96 bits per heavy atom. The van der Waals surface area contributed by atoms with Crippen LogP contribution in [0.5, 0.6) is 0 Å². The minimum atomic E-state index is -0.349. The molecule has 2 aromatic rings. The van der Waals surface area contributed by atoms with Crippen molar-refractivity contribution in [3.05, 3.63) is 30.4 Å².